The standard InChI is InChI=1S/C21H29NO/c1-3-19(23)22-14-20-9-16-8-17(10-20)12-21(11-16,13-20)18-6-4-15(2)5-7-18/h4-7,16-17H,3,8-14H2,1-2H3,(H,22,23)/t16-,17+,20?,21?. The Labute approximate surface area is 140 Å². The molecular formula is C21H29NO. The predicted molar refractivity (Wildman–Crippen MR) is 93.3 cm³/mol. The van der Waals surface area contributed by atoms with E-state index in [4.69, 9.17) is 0 Å². The average Bonchev–Trinajstić information content (AvgIpc) is 2.52. The van der Waals surface area contributed by atoms with Crippen LogP contribution in [0.5, 0.6) is 0 Å². The van der Waals surface area contributed by atoms with Crippen LogP contribution in [0.25, 0.3) is 0 Å². The minimum Gasteiger partial charge on any atom is -0.356 e. The molecule has 4 atom stereocenters. The van der Waals surface area contributed by atoms with Crippen molar-refractivity contribution in [1.29, 1.82) is 0 Å². The molecule has 4 aliphatic carbocycles. The third-order valence-electron chi connectivity index (χ3n) is 6.83. The number of aryl methyl sites for hydroxylation is 1. The topological polar surface area (TPSA) is 29.1 Å². The molecule has 4 bridgehead atoms. The third-order valence-corrected chi connectivity index (χ3v) is 6.83. The molecule has 2 unspecified atom stereocenters. The van der Waals surface area contributed by atoms with Gasteiger partial charge in [0.15, 0.2) is 0 Å². The van der Waals surface area contributed by atoms with Crippen molar-refractivity contribution < 1.29 is 4.79 Å². The molecule has 0 radical (unpaired) electrons. The van der Waals surface area contributed by atoms with Crippen LogP contribution in [0.3, 0.4) is 0 Å². The van der Waals surface area contributed by atoms with Crippen molar-refractivity contribution in [2.45, 2.75) is 64.2 Å². The number of amides is 1. The Morgan fingerprint density at radius 3 is 2.39 bits per heavy atom. The van der Waals surface area contributed by atoms with Gasteiger partial charge in [0.25, 0.3) is 0 Å². The van der Waals surface area contributed by atoms with Gasteiger partial charge >= 0.3 is 0 Å². The molecule has 5 rings (SSSR count). The van der Waals surface area contributed by atoms with Crippen LogP contribution in [-0.4, -0.2) is 12.5 Å². The number of hydrogen-bond acceptors (Lipinski definition) is 1. The van der Waals surface area contributed by atoms with Crippen LogP contribution in [0.1, 0.15) is 63.0 Å². The smallest absolute Gasteiger partial charge is 0.219 e. The molecule has 1 aromatic carbocycles. The zero-order valence-corrected chi connectivity index (χ0v) is 14.5. The number of hydrogen-bond donors (Lipinski definition) is 1. The molecule has 1 amide bonds. The largest absolute Gasteiger partial charge is 0.356 e. The van der Waals surface area contributed by atoms with E-state index in [-0.39, 0.29) is 5.91 Å². The van der Waals surface area contributed by atoms with Crippen LogP contribution in [-0.2, 0) is 10.2 Å². The highest BCUT2D eigenvalue weighted by Crippen LogP contribution is 2.65. The van der Waals surface area contributed by atoms with Crippen LogP contribution in [0, 0.1) is 24.2 Å². The first kappa shape index (κ1) is 15.2. The first-order valence-corrected chi connectivity index (χ1v) is 9.36. The fourth-order valence-electron chi connectivity index (χ4n) is 6.31. The zero-order valence-electron chi connectivity index (χ0n) is 14.5. The van der Waals surface area contributed by atoms with Crippen molar-refractivity contribution in [3.63, 3.8) is 0 Å². The lowest BCUT2D eigenvalue weighted by atomic mass is 9.43. The second-order valence-electron chi connectivity index (χ2n) is 8.74. The Balaban J connectivity index is 1.62. The highest BCUT2D eigenvalue weighted by molar-refractivity contribution is 5.75. The molecule has 0 spiro atoms. The molecule has 0 heterocycles. The maximum absolute atomic E-state index is 11.8. The number of carbonyl (C=O) groups excluding carboxylic acids is 1. The SMILES string of the molecule is CCC(=O)NCC12C[C@H]3C[C@@H](C1)CC(c1ccc(C)cc1)(C3)C2. The lowest BCUT2D eigenvalue weighted by Crippen LogP contribution is -2.57. The van der Waals surface area contributed by atoms with Crippen molar-refractivity contribution in [2.75, 3.05) is 6.54 Å². The summed E-state index contributed by atoms with van der Waals surface area (Å²) in [6.07, 6.45) is 8.72. The third kappa shape index (κ3) is 2.60. The molecule has 0 saturated heterocycles. The van der Waals surface area contributed by atoms with Crippen molar-refractivity contribution in [1.82, 2.24) is 5.32 Å². The van der Waals surface area contributed by atoms with Crippen LogP contribution in [0.4, 0.5) is 0 Å². The van der Waals surface area contributed by atoms with Gasteiger partial charge in [0.2, 0.25) is 5.91 Å². The first-order chi connectivity index (χ1) is 11.0. The fourth-order valence-corrected chi connectivity index (χ4v) is 6.31. The molecule has 1 aromatic rings. The minimum absolute atomic E-state index is 0.213. The monoisotopic (exact) mass is 311 g/mol. The molecule has 23 heavy (non-hydrogen) atoms. The van der Waals surface area contributed by atoms with E-state index in [9.17, 15) is 4.79 Å². The maximum Gasteiger partial charge on any atom is 0.219 e. The summed E-state index contributed by atoms with van der Waals surface area (Å²) >= 11 is 0. The van der Waals surface area contributed by atoms with Gasteiger partial charge in [-0.3, -0.25) is 4.79 Å². The lowest BCUT2D eigenvalue weighted by molar-refractivity contribution is -0.123. The Kier molecular flexibility index (Phi) is 3.55. The Bertz CT molecular complexity index is 589. The van der Waals surface area contributed by atoms with E-state index in [2.05, 4.69) is 36.5 Å². The molecule has 0 aromatic heterocycles. The molecule has 2 nitrogen and oxygen atoms in total. The van der Waals surface area contributed by atoms with E-state index in [1.807, 2.05) is 6.92 Å². The van der Waals surface area contributed by atoms with Crippen molar-refractivity contribution in [2.24, 2.45) is 17.3 Å². The van der Waals surface area contributed by atoms with Crippen molar-refractivity contribution >= 4 is 5.91 Å². The second-order valence-corrected chi connectivity index (χ2v) is 8.74. The summed E-state index contributed by atoms with van der Waals surface area (Å²) in [5.74, 6) is 1.96. The summed E-state index contributed by atoms with van der Waals surface area (Å²) < 4.78 is 0. The highest BCUT2D eigenvalue weighted by atomic mass is 16.1. The maximum atomic E-state index is 11.8. The van der Waals surface area contributed by atoms with Gasteiger partial charge in [0, 0.05) is 13.0 Å². The first-order valence-electron chi connectivity index (χ1n) is 9.36. The summed E-state index contributed by atoms with van der Waals surface area (Å²) in [6, 6.07) is 9.31. The van der Waals surface area contributed by atoms with Gasteiger partial charge in [-0.05, 0) is 73.7 Å². The average molecular weight is 311 g/mol. The lowest BCUT2D eigenvalue weighted by Gasteiger charge is -2.62. The Hall–Kier alpha value is -1.31. The molecule has 4 saturated carbocycles. The van der Waals surface area contributed by atoms with Gasteiger partial charge in [-0.25, -0.2) is 0 Å². The Morgan fingerprint density at radius 2 is 1.78 bits per heavy atom. The van der Waals surface area contributed by atoms with Gasteiger partial charge in [0.1, 0.15) is 0 Å². The molecule has 1 N–H and O–H groups in total. The number of rotatable bonds is 4. The summed E-state index contributed by atoms with van der Waals surface area (Å²) in [5.41, 5.74) is 3.65. The molecule has 2 heteroatoms. The summed E-state index contributed by atoms with van der Waals surface area (Å²) in [6.45, 7) is 5.02. The molecule has 0 aliphatic heterocycles. The highest BCUT2D eigenvalue weighted by Gasteiger charge is 2.57. The predicted octanol–water partition coefficient (Wildman–Crippen LogP) is 4.36. The van der Waals surface area contributed by atoms with Crippen molar-refractivity contribution in [3.05, 3.63) is 35.4 Å². The second kappa shape index (κ2) is 5.36. The van der Waals surface area contributed by atoms with Gasteiger partial charge in [-0.2, -0.15) is 0 Å². The minimum atomic E-state index is 0.213. The van der Waals surface area contributed by atoms with Crippen LogP contribution >= 0.6 is 0 Å². The van der Waals surface area contributed by atoms with E-state index in [0.717, 1.165) is 18.4 Å². The number of nitrogens with one attached hydrogen (secondary N) is 1. The van der Waals surface area contributed by atoms with E-state index in [1.165, 1.54) is 44.1 Å². The molecule has 4 fully saturated rings. The van der Waals surface area contributed by atoms with E-state index >= 15 is 0 Å². The van der Waals surface area contributed by atoms with Crippen molar-refractivity contribution in [3.8, 4) is 0 Å². The van der Waals surface area contributed by atoms with E-state index in [0.29, 0.717) is 17.3 Å². The summed E-state index contributed by atoms with van der Waals surface area (Å²) in [4.78, 5) is 11.8. The Morgan fingerprint density at radius 1 is 1.13 bits per heavy atom. The van der Waals surface area contributed by atoms with E-state index in [1.54, 1.807) is 5.56 Å². The van der Waals surface area contributed by atoms with Gasteiger partial charge < -0.3 is 5.32 Å². The summed E-state index contributed by atoms with van der Waals surface area (Å²) in [7, 11) is 0. The summed E-state index contributed by atoms with van der Waals surface area (Å²) in [5, 5.41) is 3.23. The quantitative estimate of drug-likeness (QED) is 0.879. The van der Waals surface area contributed by atoms with Gasteiger partial charge in [-0.15, -0.1) is 0 Å². The van der Waals surface area contributed by atoms with Gasteiger partial charge in [0.05, 0.1) is 0 Å². The van der Waals surface area contributed by atoms with Gasteiger partial charge in [-0.1, -0.05) is 36.8 Å². The van der Waals surface area contributed by atoms with Crippen LogP contribution in [0.15, 0.2) is 24.3 Å². The zero-order chi connectivity index (χ0) is 16.1. The van der Waals surface area contributed by atoms with E-state index < -0.39 is 0 Å². The van der Waals surface area contributed by atoms with Crippen LogP contribution < -0.4 is 5.32 Å². The van der Waals surface area contributed by atoms with Crippen LogP contribution in [0.2, 0.25) is 0 Å². The fraction of sp³-hybridized carbons (Fsp3) is 0.667. The molecule has 124 valence electrons. The number of carbonyl (C=O) groups is 1. The molecule has 4 aliphatic rings. The molecular weight excluding hydrogens is 282 g/mol. The number of benzene rings is 1. The normalized spacial score (nSPS) is 37.8.